The number of aromatic nitrogens is 1. The van der Waals surface area contributed by atoms with Crippen LogP contribution in [0, 0.1) is 0 Å². The molecule has 2 heterocycles. The predicted octanol–water partition coefficient (Wildman–Crippen LogP) is 0.572. The van der Waals surface area contributed by atoms with Crippen molar-refractivity contribution in [2.24, 2.45) is 4.99 Å². The maximum absolute atomic E-state index is 10.9. The molecule has 3 radical (unpaired) electrons. The molecule has 3 N–H and O–H groups in total. The molecule has 0 aliphatic carbocycles. The van der Waals surface area contributed by atoms with Gasteiger partial charge in [0.15, 0.2) is 6.04 Å². The van der Waals surface area contributed by atoms with Crippen molar-refractivity contribution in [1.29, 1.82) is 0 Å². The number of carbonyl (C=O) groups is 1. The van der Waals surface area contributed by atoms with E-state index in [2.05, 4.69) is 14.5 Å². The number of benzene rings is 1. The fourth-order valence-electron chi connectivity index (χ4n) is 1.81. The van der Waals surface area contributed by atoms with E-state index in [-0.39, 0.29) is 94.4 Å². The Morgan fingerprint density at radius 3 is 2.52 bits per heavy atom. The maximum Gasteiger partial charge on any atom is 0.524 e. The second-order valence-corrected chi connectivity index (χ2v) is 7.53. The zero-order chi connectivity index (χ0) is 15.9. The molecule has 1 aliphatic rings. The Morgan fingerprint density at radius 2 is 1.96 bits per heavy atom. The average molecular weight is 429 g/mol. The summed E-state index contributed by atoms with van der Waals surface area (Å²) in [6, 6.07) is 3.70. The molecule has 1 aliphatic heterocycles. The molecule has 0 saturated heterocycles. The predicted molar refractivity (Wildman–Crippen MR) is 100.0 cm³/mol. The second-order valence-electron chi connectivity index (χ2n) is 4.33. The fourth-order valence-corrected chi connectivity index (χ4v) is 4.29. The number of hydrogen-bond acceptors (Lipinski definition) is 7. The number of aliphatic imine (C=N–C) groups is 1. The molecule has 0 amide bonds. The van der Waals surface area contributed by atoms with Gasteiger partial charge in [0, 0.05) is 100 Å². The van der Waals surface area contributed by atoms with Gasteiger partial charge in [-0.2, -0.15) is 0 Å². The van der Waals surface area contributed by atoms with Crippen molar-refractivity contribution in [2.75, 3.05) is 5.75 Å². The summed E-state index contributed by atoms with van der Waals surface area (Å²) in [5.41, 5.74) is 0.625. The number of phosphoric acid groups is 1. The van der Waals surface area contributed by atoms with Gasteiger partial charge in [0.05, 0.1) is 10.2 Å². The van der Waals surface area contributed by atoms with Crippen LogP contribution < -0.4 is 4.52 Å². The average Bonchev–Trinajstić information content (AvgIpc) is 3.02. The van der Waals surface area contributed by atoms with Gasteiger partial charge in [0.1, 0.15) is 15.8 Å². The Labute approximate surface area is 217 Å². The monoisotopic (exact) mass is 429 g/mol. The molecule has 2 aromatic rings. The molecule has 0 unspecified atom stereocenters. The first-order valence-electron chi connectivity index (χ1n) is 5.91. The van der Waals surface area contributed by atoms with E-state index in [1.54, 1.807) is 6.07 Å². The van der Waals surface area contributed by atoms with E-state index in [1.165, 1.54) is 35.2 Å². The van der Waals surface area contributed by atoms with Gasteiger partial charge in [-0.25, -0.2) is 14.3 Å². The molecule has 1 atom stereocenters. The third-order valence-corrected chi connectivity index (χ3v) is 5.36. The molecule has 3 rings (SSSR count). The van der Waals surface area contributed by atoms with Crippen LogP contribution in [0.15, 0.2) is 23.2 Å². The number of rotatable bonds is 4. The van der Waals surface area contributed by atoms with Crippen LogP contribution in [0.3, 0.4) is 0 Å². The normalized spacial score (nSPS) is 16.2. The van der Waals surface area contributed by atoms with E-state index in [0.717, 1.165) is 0 Å². The minimum Gasteiger partial charge on any atom is -0.480 e. The van der Waals surface area contributed by atoms with Gasteiger partial charge in [0.25, 0.3) is 0 Å². The standard InChI is InChI=1S/C11H9N2O6PS2.3Na/c14-11(15)7-4-21-9(13-7)10-12-6-2-1-5(3-8(6)22-10)19-20(16,17)18;;;/h1-3,7H,4H2,(H,14,15)(H2,16,17,18);;;/t7-;;;/m1.../s1. The van der Waals surface area contributed by atoms with Crippen LogP contribution in [-0.4, -0.2) is 131 Å². The fraction of sp³-hybridized carbons (Fsp3) is 0.182. The quantitative estimate of drug-likeness (QED) is 0.475. The number of carboxylic acid groups (broad SMARTS) is 1. The molecule has 8 nitrogen and oxygen atoms in total. The first-order chi connectivity index (χ1) is 10.3. The topological polar surface area (TPSA) is 129 Å². The summed E-state index contributed by atoms with van der Waals surface area (Å²) in [5, 5.41) is 10.1. The first kappa shape index (κ1) is 26.6. The molecular weight excluding hydrogens is 420 g/mol. The largest absolute Gasteiger partial charge is 0.524 e. The number of carboxylic acids is 1. The SMILES string of the molecule is O=C(O)[C@H]1CSC(c2nc3ccc(OP(=O)(O)O)cc3s2)=N1.[Na].[Na].[Na]. The molecule has 0 fully saturated rings. The van der Waals surface area contributed by atoms with Crippen LogP contribution in [0.25, 0.3) is 10.2 Å². The van der Waals surface area contributed by atoms with Crippen molar-refractivity contribution in [1.82, 2.24) is 4.98 Å². The van der Waals surface area contributed by atoms with Crippen molar-refractivity contribution < 1.29 is 28.8 Å². The summed E-state index contributed by atoms with van der Waals surface area (Å²) in [4.78, 5) is 37.0. The van der Waals surface area contributed by atoms with E-state index in [0.29, 0.717) is 26.0 Å². The van der Waals surface area contributed by atoms with Crippen LogP contribution in [0.4, 0.5) is 0 Å². The first-order valence-corrected chi connectivity index (χ1v) is 9.24. The summed E-state index contributed by atoms with van der Waals surface area (Å²) in [5.74, 6) is -0.561. The molecule has 0 saturated carbocycles. The van der Waals surface area contributed by atoms with Crippen molar-refractivity contribution in [3.05, 3.63) is 23.2 Å². The second kappa shape index (κ2) is 10.9. The van der Waals surface area contributed by atoms with Crippen LogP contribution in [0.2, 0.25) is 0 Å². The van der Waals surface area contributed by atoms with E-state index >= 15 is 0 Å². The van der Waals surface area contributed by atoms with Crippen LogP contribution in [-0.2, 0) is 9.36 Å². The van der Waals surface area contributed by atoms with Gasteiger partial charge >= 0.3 is 13.8 Å². The minimum atomic E-state index is -4.61. The summed E-state index contributed by atoms with van der Waals surface area (Å²) in [6.07, 6.45) is 0. The maximum atomic E-state index is 10.9. The molecular formula is C11H9N2Na3O6PS2. The molecule has 0 bridgehead atoms. The van der Waals surface area contributed by atoms with Gasteiger partial charge in [-0.1, -0.05) is 0 Å². The van der Waals surface area contributed by atoms with Gasteiger partial charge in [-0.15, -0.1) is 23.1 Å². The van der Waals surface area contributed by atoms with Gasteiger partial charge < -0.3 is 9.63 Å². The molecule has 1 aromatic carbocycles. The number of phosphoric ester groups is 1. The zero-order valence-electron chi connectivity index (χ0n) is 13.7. The zero-order valence-corrected chi connectivity index (χ0v) is 22.3. The molecule has 0 spiro atoms. The number of fused-ring (bicyclic) bond motifs is 1. The number of aliphatic carboxylic acids is 1. The Bertz CT molecular complexity index is 842. The third kappa shape index (κ3) is 7.14. The summed E-state index contributed by atoms with van der Waals surface area (Å²) < 4.78 is 16.0. The smallest absolute Gasteiger partial charge is 0.480 e. The summed E-state index contributed by atoms with van der Waals surface area (Å²) >= 11 is 2.58. The minimum absolute atomic E-state index is 0. The van der Waals surface area contributed by atoms with Gasteiger partial charge in [-0.3, -0.25) is 14.8 Å². The summed E-state index contributed by atoms with van der Waals surface area (Å²) in [6.45, 7) is 0. The Balaban J connectivity index is 0.00000192. The number of hydrogen-bond donors (Lipinski definition) is 3. The summed E-state index contributed by atoms with van der Waals surface area (Å²) in [7, 11) is -4.61. The van der Waals surface area contributed by atoms with E-state index < -0.39 is 19.8 Å². The van der Waals surface area contributed by atoms with Crippen LogP contribution in [0.5, 0.6) is 5.75 Å². The number of thiazole rings is 1. The van der Waals surface area contributed by atoms with Crippen LogP contribution >= 0.6 is 30.9 Å². The van der Waals surface area contributed by atoms with Gasteiger partial charge in [0.2, 0.25) is 0 Å². The van der Waals surface area contributed by atoms with E-state index in [9.17, 15) is 9.36 Å². The number of nitrogens with zero attached hydrogens (tertiary/aromatic N) is 2. The Hall–Kier alpha value is 1.55. The van der Waals surface area contributed by atoms with Crippen molar-refractivity contribution in [3.63, 3.8) is 0 Å². The van der Waals surface area contributed by atoms with Crippen molar-refractivity contribution in [3.8, 4) is 5.75 Å². The van der Waals surface area contributed by atoms with Gasteiger partial charge in [-0.05, 0) is 12.1 Å². The third-order valence-electron chi connectivity index (χ3n) is 2.70. The Morgan fingerprint density at radius 1 is 1.28 bits per heavy atom. The van der Waals surface area contributed by atoms with Crippen LogP contribution in [0.1, 0.15) is 5.01 Å². The van der Waals surface area contributed by atoms with E-state index in [4.69, 9.17) is 14.9 Å². The van der Waals surface area contributed by atoms with E-state index in [1.807, 2.05) is 0 Å². The molecule has 1 aromatic heterocycles. The number of thioether (sulfide) groups is 1. The molecule has 14 heteroatoms. The molecule has 25 heavy (non-hydrogen) atoms. The van der Waals surface area contributed by atoms with Crippen molar-refractivity contribution in [2.45, 2.75) is 6.04 Å². The van der Waals surface area contributed by atoms with Crippen molar-refractivity contribution >= 4 is 141 Å². The Kier molecular flexibility index (Phi) is 11.6. The molecule has 119 valence electrons.